The zero-order valence-electron chi connectivity index (χ0n) is 15.9. The van der Waals surface area contributed by atoms with Crippen LogP contribution in [-0.4, -0.2) is 12.8 Å². The Morgan fingerprint density at radius 1 is 0.962 bits per heavy atom. The van der Waals surface area contributed by atoms with Gasteiger partial charge in [-0.2, -0.15) is 0 Å². The Morgan fingerprint density at radius 2 is 1.69 bits per heavy atom. The van der Waals surface area contributed by atoms with Gasteiger partial charge in [-0.05, 0) is 41.2 Å². The van der Waals surface area contributed by atoms with Gasteiger partial charge in [0.2, 0.25) is 5.88 Å². The average molecular weight is 341 g/mol. The van der Waals surface area contributed by atoms with Crippen molar-refractivity contribution < 1.29 is 4.74 Å². The molecule has 1 aromatic heterocycles. The minimum Gasteiger partial charge on any atom is -0.472 e. The summed E-state index contributed by atoms with van der Waals surface area (Å²) in [5, 5.41) is 0. The monoisotopic (exact) mass is 341 g/mol. The van der Waals surface area contributed by atoms with Crippen LogP contribution in [0.4, 0.5) is 0 Å². The highest BCUT2D eigenvalue weighted by molar-refractivity contribution is 6.34. The standard InChI is InChI=1S/C23H24BNO/c1-16-20(13-18(14-21(16)24)23(2,3)4)19-11-8-12-25-22(19)26-15-17-9-6-5-7-10-17/h5-14H,15H2,1-4H3. The minimum atomic E-state index is 0.0177. The molecule has 130 valence electrons. The lowest BCUT2D eigenvalue weighted by Gasteiger charge is -2.23. The Hall–Kier alpha value is -2.55. The van der Waals surface area contributed by atoms with Crippen LogP contribution < -0.4 is 10.2 Å². The molecule has 0 unspecified atom stereocenters. The predicted octanol–water partition coefficient (Wildman–Crippen LogP) is 4.73. The molecule has 0 spiro atoms. The fraction of sp³-hybridized carbons (Fsp3) is 0.261. The average Bonchev–Trinajstić information content (AvgIpc) is 2.62. The molecule has 2 nitrogen and oxygen atoms in total. The Bertz CT molecular complexity index is 898. The van der Waals surface area contributed by atoms with Crippen LogP contribution in [-0.2, 0) is 12.0 Å². The van der Waals surface area contributed by atoms with Gasteiger partial charge in [-0.25, -0.2) is 4.98 Å². The highest BCUT2D eigenvalue weighted by atomic mass is 16.5. The largest absolute Gasteiger partial charge is 0.472 e. The molecule has 2 radical (unpaired) electrons. The summed E-state index contributed by atoms with van der Waals surface area (Å²) in [7, 11) is 6.31. The zero-order valence-corrected chi connectivity index (χ0v) is 15.9. The van der Waals surface area contributed by atoms with E-state index in [2.05, 4.69) is 37.9 Å². The van der Waals surface area contributed by atoms with E-state index < -0.39 is 0 Å². The molecule has 0 amide bonds. The van der Waals surface area contributed by atoms with E-state index in [1.54, 1.807) is 6.20 Å². The Labute approximate surface area is 157 Å². The van der Waals surface area contributed by atoms with E-state index in [0.717, 1.165) is 27.7 Å². The van der Waals surface area contributed by atoms with Gasteiger partial charge in [0.15, 0.2) is 0 Å². The molecule has 0 fully saturated rings. The molecule has 0 aliphatic heterocycles. The van der Waals surface area contributed by atoms with Crippen LogP contribution >= 0.6 is 0 Å². The van der Waals surface area contributed by atoms with Crippen molar-refractivity contribution in [1.82, 2.24) is 4.98 Å². The summed E-state index contributed by atoms with van der Waals surface area (Å²) in [6, 6.07) is 18.4. The molecule has 3 heteroatoms. The van der Waals surface area contributed by atoms with Crippen molar-refractivity contribution in [3.05, 3.63) is 77.5 Å². The van der Waals surface area contributed by atoms with E-state index in [1.807, 2.05) is 49.4 Å². The summed E-state index contributed by atoms with van der Waals surface area (Å²) in [6.07, 6.45) is 1.76. The number of aromatic nitrogens is 1. The van der Waals surface area contributed by atoms with Crippen LogP contribution in [0.15, 0.2) is 60.8 Å². The maximum atomic E-state index is 6.31. The first-order valence-electron chi connectivity index (χ1n) is 8.89. The summed E-state index contributed by atoms with van der Waals surface area (Å²) in [4.78, 5) is 4.47. The highest BCUT2D eigenvalue weighted by Gasteiger charge is 2.18. The third-order valence-corrected chi connectivity index (χ3v) is 4.59. The van der Waals surface area contributed by atoms with E-state index in [-0.39, 0.29) is 5.41 Å². The molecule has 0 aliphatic rings. The van der Waals surface area contributed by atoms with Crippen molar-refractivity contribution in [2.45, 2.75) is 39.7 Å². The summed E-state index contributed by atoms with van der Waals surface area (Å²) >= 11 is 0. The molecule has 0 atom stereocenters. The van der Waals surface area contributed by atoms with E-state index >= 15 is 0 Å². The van der Waals surface area contributed by atoms with Crippen molar-refractivity contribution in [3.63, 3.8) is 0 Å². The van der Waals surface area contributed by atoms with Crippen LogP contribution in [0.1, 0.15) is 37.5 Å². The van der Waals surface area contributed by atoms with E-state index in [9.17, 15) is 0 Å². The Morgan fingerprint density at radius 3 is 2.38 bits per heavy atom. The molecular weight excluding hydrogens is 317 g/mol. The minimum absolute atomic E-state index is 0.0177. The summed E-state index contributed by atoms with van der Waals surface area (Å²) in [5.41, 5.74) is 6.23. The third-order valence-electron chi connectivity index (χ3n) is 4.59. The lowest BCUT2D eigenvalue weighted by Crippen LogP contribution is -2.18. The molecule has 3 rings (SSSR count). The van der Waals surface area contributed by atoms with Crippen molar-refractivity contribution in [2.24, 2.45) is 0 Å². The van der Waals surface area contributed by atoms with Crippen LogP contribution in [0.3, 0.4) is 0 Å². The summed E-state index contributed by atoms with van der Waals surface area (Å²) in [6.45, 7) is 9.11. The molecule has 1 heterocycles. The van der Waals surface area contributed by atoms with E-state index in [1.165, 1.54) is 5.56 Å². The van der Waals surface area contributed by atoms with Crippen molar-refractivity contribution >= 4 is 13.3 Å². The molecule has 0 N–H and O–H groups in total. The molecule has 26 heavy (non-hydrogen) atoms. The van der Waals surface area contributed by atoms with Crippen molar-refractivity contribution in [3.8, 4) is 17.0 Å². The molecular formula is C23H24BNO. The first-order chi connectivity index (χ1) is 12.4. The van der Waals surface area contributed by atoms with Gasteiger partial charge in [0.25, 0.3) is 0 Å². The summed E-state index contributed by atoms with van der Waals surface area (Å²) in [5.74, 6) is 0.630. The Balaban J connectivity index is 2.01. The second-order valence-electron chi connectivity index (χ2n) is 7.62. The van der Waals surface area contributed by atoms with Crippen LogP contribution in [0.5, 0.6) is 5.88 Å². The van der Waals surface area contributed by atoms with Gasteiger partial charge in [0, 0.05) is 11.8 Å². The van der Waals surface area contributed by atoms with Crippen LogP contribution in [0.2, 0.25) is 0 Å². The zero-order chi connectivity index (χ0) is 18.7. The fourth-order valence-electron chi connectivity index (χ4n) is 2.89. The van der Waals surface area contributed by atoms with Gasteiger partial charge in [0.1, 0.15) is 14.5 Å². The number of hydrogen-bond donors (Lipinski definition) is 0. The molecule has 0 saturated carbocycles. The van der Waals surface area contributed by atoms with Gasteiger partial charge in [-0.15, -0.1) is 0 Å². The molecule has 0 saturated heterocycles. The first-order valence-corrected chi connectivity index (χ1v) is 8.89. The predicted molar refractivity (Wildman–Crippen MR) is 109 cm³/mol. The number of benzene rings is 2. The smallest absolute Gasteiger partial charge is 0.221 e. The van der Waals surface area contributed by atoms with E-state index in [4.69, 9.17) is 12.6 Å². The molecule has 0 bridgehead atoms. The highest BCUT2D eigenvalue weighted by Crippen LogP contribution is 2.33. The number of pyridine rings is 1. The number of rotatable bonds is 4. The quantitative estimate of drug-likeness (QED) is 0.640. The van der Waals surface area contributed by atoms with Gasteiger partial charge >= 0.3 is 0 Å². The van der Waals surface area contributed by atoms with Crippen molar-refractivity contribution in [1.29, 1.82) is 0 Å². The third kappa shape index (κ3) is 3.99. The number of hydrogen-bond acceptors (Lipinski definition) is 2. The molecule has 0 aliphatic carbocycles. The van der Waals surface area contributed by atoms with Gasteiger partial charge in [0.05, 0.1) is 0 Å². The second-order valence-corrected chi connectivity index (χ2v) is 7.62. The number of ether oxygens (including phenoxy) is 1. The summed E-state index contributed by atoms with van der Waals surface area (Å²) < 4.78 is 6.05. The fourth-order valence-corrected chi connectivity index (χ4v) is 2.89. The second kappa shape index (κ2) is 7.37. The molecule has 2 aromatic carbocycles. The lowest BCUT2D eigenvalue weighted by molar-refractivity contribution is 0.295. The Kier molecular flexibility index (Phi) is 5.17. The van der Waals surface area contributed by atoms with Crippen LogP contribution in [0, 0.1) is 6.92 Å². The van der Waals surface area contributed by atoms with Gasteiger partial charge < -0.3 is 4.74 Å². The lowest BCUT2D eigenvalue weighted by atomic mass is 9.78. The SMILES string of the molecule is [B]c1cc(C(C)(C)C)cc(-c2cccnc2OCc2ccccc2)c1C. The number of nitrogens with zero attached hydrogens (tertiary/aromatic N) is 1. The maximum absolute atomic E-state index is 6.31. The van der Waals surface area contributed by atoms with Crippen molar-refractivity contribution in [2.75, 3.05) is 0 Å². The van der Waals surface area contributed by atoms with Crippen LogP contribution in [0.25, 0.3) is 11.1 Å². The molecule has 3 aromatic rings. The van der Waals surface area contributed by atoms with E-state index in [0.29, 0.717) is 12.5 Å². The van der Waals surface area contributed by atoms with Gasteiger partial charge in [-0.3, -0.25) is 0 Å². The van der Waals surface area contributed by atoms with Gasteiger partial charge in [-0.1, -0.05) is 74.3 Å². The first kappa shape index (κ1) is 18.3. The normalized spacial score (nSPS) is 11.4. The topological polar surface area (TPSA) is 22.1 Å². The maximum Gasteiger partial charge on any atom is 0.221 e.